The van der Waals surface area contributed by atoms with E-state index in [0.717, 1.165) is 15.6 Å². The first-order chi connectivity index (χ1) is 14.1. The van der Waals surface area contributed by atoms with Crippen LogP contribution in [-0.4, -0.2) is 19.2 Å². The normalized spacial score (nSPS) is 10.7. The molecule has 0 saturated heterocycles. The van der Waals surface area contributed by atoms with Crippen LogP contribution in [0.4, 0.5) is 0 Å². The minimum absolute atomic E-state index is 0.350. The molecule has 0 heterocycles. The number of rotatable bonds is 7. The summed E-state index contributed by atoms with van der Waals surface area (Å²) in [5.41, 5.74) is 4.61. The monoisotopic (exact) mass is 472 g/mol. The number of para-hydroxylation sites is 1. The summed E-state index contributed by atoms with van der Waals surface area (Å²) >= 11 is 9.64. The number of amides is 1. The average molecular weight is 474 g/mol. The van der Waals surface area contributed by atoms with Crippen molar-refractivity contribution in [3.63, 3.8) is 0 Å². The lowest BCUT2D eigenvalue weighted by Gasteiger charge is -2.10. The van der Waals surface area contributed by atoms with Crippen molar-refractivity contribution in [1.82, 2.24) is 5.43 Å². The molecule has 0 aliphatic carbocycles. The number of ether oxygens (including phenoxy) is 2. The number of hydrogen-bond donors (Lipinski definition) is 1. The summed E-state index contributed by atoms with van der Waals surface area (Å²) in [6.07, 6.45) is 1.55. The molecular formula is C22H18BrClN2O3. The zero-order chi connectivity index (χ0) is 20.6. The molecule has 1 amide bonds. The number of halogens is 2. The van der Waals surface area contributed by atoms with Crippen molar-refractivity contribution < 1.29 is 14.3 Å². The Balaban J connectivity index is 1.61. The molecule has 0 unspecified atom stereocenters. The second-order valence-corrected chi connectivity index (χ2v) is 7.23. The topological polar surface area (TPSA) is 59.9 Å². The maximum Gasteiger partial charge on any atom is 0.275 e. The third-order valence-corrected chi connectivity index (χ3v) is 5.02. The van der Waals surface area contributed by atoms with Crippen molar-refractivity contribution in [3.05, 3.63) is 92.9 Å². The van der Waals surface area contributed by atoms with E-state index in [4.69, 9.17) is 21.1 Å². The summed E-state index contributed by atoms with van der Waals surface area (Å²) in [6.45, 7) is 0.362. The van der Waals surface area contributed by atoms with Crippen LogP contribution in [0, 0.1) is 0 Å². The van der Waals surface area contributed by atoms with Gasteiger partial charge in [-0.1, -0.05) is 41.9 Å². The van der Waals surface area contributed by atoms with Crippen LogP contribution in [0.5, 0.6) is 11.5 Å². The molecule has 3 aromatic rings. The van der Waals surface area contributed by atoms with Gasteiger partial charge in [0.05, 0.1) is 23.4 Å². The largest absolute Gasteiger partial charge is 0.496 e. The van der Waals surface area contributed by atoms with Gasteiger partial charge in [-0.05, 0) is 57.9 Å². The van der Waals surface area contributed by atoms with Crippen molar-refractivity contribution in [2.24, 2.45) is 5.10 Å². The molecule has 0 radical (unpaired) electrons. The zero-order valence-electron chi connectivity index (χ0n) is 15.6. The van der Waals surface area contributed by atoms with Crippen molar-refractivity contribution >= 4 is 39.7 Å². The fraction of sp³-hybridized carbons (Fsp3) is 0.0909. The van der Waals surface area contributed by atoms with Crippen LogP contribution in [-0.2, 0) is 6.61 Å². The Morgan fingerprint density at radius 1 is 1.10 bits per heavy atom. The molecule has 148 valence electrons. The lowest BCUT2D eigenvalue weighted by Crippen LogP contribution is -2.18. The van der Waals surface area contributed by atoms with E-state index in [-0.39, 0.29) is 5.91 Å². The third-order valence-electron chi connectivity index (χ3n) is 4.03. The van der Waals surface area contributed by atoms with Gasteiger partial charge >= 0.3 is 0 Å². The van der Waals surface area contributed by atoms with E-state index in [9.17, 15) is 4.79 Å². The number of methoxy groups -OCH3 is 1. The van der Waals surface area contributed by atoms with E-state index >= 15 is 0 Å². The van der Waals surface area contributed by atoms with Crippen LogP contribution >= 0.6 is 27.5 Å². The SMILES string of the molecule is COc1ccccc1C(=O)N/N=C\c1ccc(OCc2ccccc2Cl)c(Br)c1. The second-order valence-electron chi connectivity index (χ2n) is 5.97. The number of hydrazone groups is 1. The molecule has 0 spiro atoms. The first kappa shape index (κ1) is 20.9. The molecule has 0 atom stereocenters. The van der Waals surface area contributed by atoms with Crippen LogP contribution in [0.15, 0.2) is 76.3 Å². The highest BCUT2D eigenvalue weighted by Crippen LogP contribution is 2.27. The predicted octanol–water partition coefficient (Wildman–Crippen LogP) is 5.45. The maximum atomic E-state index is 12.2. The van der Waals surface area contributed by atoms with Gasteiger partial charge in [-0.25, -0.2) is 5.43 Å². The minimum atomic E-state index is -0.350. The van der Waals surface area contributed by atoms with E-state index in [1.807, 2.05) is 42.5 Å². The van der Waals surface area contributed by atoms with Crippen molar-refractivity contribution in [2.75, 3.05) is 7.11 Å². The predicted molar refractivity (Wildman–Crippen MR) is 118 cm³/mol. The third kappa shape index (κ3) is 5.59. The summed E-state index contributed by atoms with van der Waals surface area (Å²) in [7, 11) is 1.52. The summed E-state index contributed by atoms with van der Waals surface area (Å²) in [6, 6.07) is 20.0. The molecule has 0 aliphatic rings. The minimum Gasteiger partial charge on any atom is -0.496 e. The summed E-state index contributed by atoms with van der Waals surface area (Å²) in [4.78, 5) is 12.2. The average Bonchev–Trinajstić information content (AvgIpc) is 2.74. The van der Waals surface area contributed by atoms with Crippen molar-refractivity contribution in [3.8, 4) is 11.5 Å². The molecule has 29 heavy (non-hydrogen) atoms. The lowest BCUT2D eigenvalue weighted by molar-refractivity contribution is 0.0952. The van der Waals surface area contributed by atoms with E-state index in [0.29, 0.717) is 28.7 Å². The zero-order valence-corrected chi connectivity index (χ0v) is 17.9. The summed E-state index contributed by atoms with van der Waals surface area (Å²) < 4.78 is 11.8. The van der Waals surface area contributed by atoms with Gasteiger partial charge in [0, 0.05) is 10.6 Å². The molecule has 3 rings (SSSR count). The van der Waals surface area contributed by atoms with Gasteiger partial charge in [0.15, 0.2) is 0 Å². The smallest absolute Gasteiger partial charge is 0.275 e. The first-order valence-electron chi connectivity index (χ1n) is 8.70. The van der Waals surface area contributed by atoms with Gasteiger partial charge in [-0.3, -0.25) is 4.79 Å². The maximum absolute atomic E-state index is 12.2. The number of benzene rings is 3. The Kier molecular flexibility index (Phi) is 7.27. The van der Waals surface area contributed by atoms with E-state index in [1.165, 1.54) is 7.11 Å². The molecular weight excluding hydrogens is 456 g/mol. The van der Waals surface area contributed by atoms with Crippen molar-refractivity contribution in [2.45, 2.75) is 6.61 Å². The molecule has 1 N–H and O–H groups in total. The van der Waals surface area contributed by atoms with Gasteiger partial charge in [0.1, 0.15) is 18.1 Å². The second kappa shape index (κ2) is 10.1. The Morgan fingerprint density at radius 3 is 2.62 bits per heavy atom. The molecule has 0 aromatic heterocycles. The van der Waals surface area contributed by atoms with Crippen LogP contribution < -0.4 is 14.9 Å². The fourth-order valence-electron chi connectivity index (χ4n) is 2.54. The van der Waals surface area contributed by atoms with Gasteiger partial charge in [-0.2, -0.15) is 5.10 Å². The number of carbonyl (C=O) groups excluding carboxylic acids is 1. The molecule has 7 heteroatoms. The Labute approximate surface area is 182 Å². The standard InChI is InChI=1S/C22H18BrClN2O3/c1-28-20-9-5-3-7-17(20)22(27)26-25-13-15-10-11-21(18(23)12-15)29-14-16-6-2-4-8-19(16)24/h2-13H,14H2,1H3,(H,26,27)/b25-13-. The summed E-state index contributed by atoms with van der Waals surface area (Å²) in [5, 5.41) is 4.68. The molecule has 0 bridgehead atoms. The van der Waals surface area contributed by atoms with Gasteiger partial charge in [0.25, 0.3) is 5.91 Å². The Bertz CT molecular complexity index is 1040. The van der Waals surface area contributed by atoms with E-state index < -0.39 is 0 Å². The number of carbonyl (C=O) groups is 1. The molecule has 3 aromatic carbocycles. The number of hydrogen-bond acceptors (Lipinski definition) is 4. The fourth-order valence-corrected chi connectivity index (χ4v) is 3.24. The first-order valence-corrected chi connectivity index (χ1v) is 9.87. The molecule has 0 aliphatic heterocycles. The summed E-state index contributed by atoms with van der Waals surface area (Å²) in [5.74, 6) is 0.820. The van der Waals surface area contributed by atoms with Gasteiger partial charge < -0.3 is 9.47 Å². The Hall–Kier alpha value is -2.83. The van der Waals surface area contributed by atoms with Crippen LogP contribution in [0.1, 0.15) is 21.5 Å². The van der Waals surface area contributed by atoms with Gasteiger partial charge in [0.2, 0.25) is 0 Å². The molecule has 0 saturated carbocycles. The number of nitrogens with one attached hydrogen (secondary N) is 1. The molecule has 5 nitrogen and oxygen atoms in total. The Morgan fingerprint density at radius 2 is 1.86 bits per heavy atom. The quantitative estimate of drug-likeness (QED) is 0.366. The highest BCUT2D eigenvalue weighted by atomic mass is 79.9. The van der Waals surface area contributed by atoms with Crippen LogP contribution in [0.25, 0.3) is 0 Å². The van der Waals surface area contributed by atoms with Crippen molar-refractivity contribution in [1.29, 1.82) is 0 Å². The highest BCUT2D eigenvalue weighted by Gasteiger charge is 2.10. The van der Waals surface area contributed by atoms with Crippen LogP contribution in [0.3, 0.4) is 0 Å². The van der Waals surface area contributed by atoms with Gasteiger partial charge in [-0.15, -0.1) is 0 Å². The highest BCUT2D eigenvalue weighted by molar-refractivity contribution is 9.10. The van der Waals surface area contributed by atoms with Crippen LogP contribution in [0.2, 0.25) is 5.02 Å². The van der Waals surface area contributed by atoms with E-state index in [1.54, 1.807) is 30.5 Å². The number of nitrogens with zero attached hydrogens (tertiary/aromatic N) is 1. The lowest BCUT2D eigenvalue weighted by atomic mass is 10.2. The van der Waals surface area contributed by atoms with E-state index in [2.05, 4.69) is 26.5 Å². The molecule has 0 fully saturated rings.